The molecule has 0 radical (unpaired) electrons. The molecule has 2 N–H and O–H groups in total. The number of rotatable bonds is 7. The molecule has 0 bridgehead atoms. The number of hydrogen-bond donors (Lipinski definition) is 2. The van der Waals surface area contributed by atoms with Crippen LogP contribution in [0.2, 0.25) is 0 Å². The van der Waals surface area contributed by atoms with Crippen molar-refractivity contribution in [3.05, 3.63) is 72.4 Å². The minimum absolute atomic E-state index is 0.519. The van der Waals surface area contributed by atoms with Gasteiger partial charge < -0.3 is 14.7 Å². The lowest BCUT2D eigenvalue weighted by atomic mass is 10.1. The Morgan fingerprint density at radius 1 is 1.09 bits per heavy atom. The van der Waals surface area contributed by atoms with Crippen LogP contribution in [0.1, 0.15) is 24.5 Å². The van der Waals surface area contributed by atoms with Crippen molar-refractivity contribution in [1.82, 2.24) is 24.9 Å². The second-order valence-electron chi connectivity index (χ2n) is 8.52. The number of H-pyrrole nitrogens is 1. The predicted molar refractivity (Wildman–Crippen MR) is 135 cm³/mol. The van der Waals surface area contributed by atoms with E-state index in [1.165, 1.54) is 11.1 Å². The van der Waals surface area contributed by atoms with E-state index in [1.54, 1.807) is 12.5 Å². The Bertz CT molecular complexity index is 1430. The molecule has 0 saturated carbocycles. The zero-order valence-electron chi connectivity index (χ0n) is 18.8. The van der Waals surface area contributed by atoms with Gasteiger partial charge in [0, 0.05) is 29.1 Å². The third-order valence-electron chi connectivity index (χ3n) is 6.00. The van der Waals surface area contributed by atoms with Crippen molar-refractivity contribution in [2.24, 2.45) is 0 Å². The van der Waals surface area contributed by atoms with Crippen LogP contribution in [0.15, 0.2) is 70.8 Å². The van der Waals surface area contributed by atoms with E-state index in [0.717, 1.165) is 64.6 Å². The largest absolute Gasteiger partial charge is 0.472 e. The predicted octanol–water partition coefficient (Wildman–Crippen LogP) is 5.76. The summed E-state index contributed by atoms with van der Waals surface area (Å²) in [6.07, 6.45) is 10.0. The van der Waals surface area contributed by atoms with Gasteiger partial charge in [0.05, 0.1) is 23.7 Å². The van der Waals surface area contributed by atoms with Crippen molar-refractivity contribution in [3.63, 3.8) is 0 Å². The van der Waals surface area contributed by atoms with Gasteiger partial charge in [-0.3, -0.25) is 0 Å². The van der Waals surface area contributed by atoms with E-state index in [0.29, 0.717) is 11.1 Å². The molecule has 170 valence electrons. The van der Waals surface area contributed by atoms with Gasteiger partial charge in [-0.25, -0.2) is 19.9 Å². The van der Waals surface area contributed by atoms with Crippen LogP contribution in [0, 0.1) is 0 Å². The second kappa shape index (κ2) is 8.95. The first kappa shape index (κ1) is 20.9. The number of aromatic nitrogens is 5. The van der Waals surface area contributed by atoms with E-state index in [1.807, 2.05) is 36.3 Å². The summed E-state index contributed by atoms with van der Waals surface area (Å²) in [4.78, 5) is 21.8. The van der Waals surface area contributed by atoms with Crippen molar-refractivity contribution >= 4 is 28.7 Å². The highest BCUT2D eigenvalue weighted by Crippen LogP contribution is 2.39. The lowest BCUT2D eigenvalue weighted by Gasteiger charge is -2.11. The number of benzene rings is 1. The molecule has 0 spiro atoms. The quantitative estimate of drug-likeness (QED) is 0.232. The van der Waals surface area contributed by atoms with Gasteiger partial charge in [0.2, 0.25) is 0 Å². The number of thioether (sulfide) groups is 1. The maximum absolute atomic E-state index is 5.23. The van der Waals surface area contributed by atoms with Gasteiger partial charge in [-0.15, -0.1) is 11.8 Å². The van der Waals surface area contributed by atoms with E-state index < -0.39 is 0 Å². The van der Waals surface area contributed by atoms with E-state index in [2.05, 4.69) is 51.5 Å². The van der Waals surface area contributed by atoms with E-state index in [9.17, 15) is 0 Å². The number of furan rings is 1. The third-order valence-corrected chi connectivity index (χ3v) is 7.13. The molecule has 8 heteroatoms. The summed E-state index contributed by atoms with van der Waals surface area (Å²) in [5, 5.41) is 5.17. The van der Waals surface area contributed by atoms with Crippen LogP contribution in [-0.2, 0) is 12.8 Å². The monoisotopic (exact) mass is 468 g/mol. The Morgan fingerprint density at radius 2 is 2.00 bits per heavy atom. The first-order valence-electron chi connectivity index (χ1n) is 11.5. The molecule has 0 saturated heterocycles. The van der Waals surface area contributed by atoms with Crippen molar-refractivity contribution in [2.45, 2.75) is 36.5 Å². The Kier molecular flexibility index (Phi) is 5.50. The summed E-state index contributed by atoms with van der Waals surface area (Å²) in [7, 11) is 0. The Balaban J connectivity index is 1.10. The van der Waals surface area contributed by atoms with Crippen LogP contribution >= 0.6 is 11.8 Å². The van der Waals surface area contributed by atoms with Crippen LogP contribution in [0.5, 0.6) is 0 Å². The molecule has 0 fully saturated rings. The minimum Gasteiger partial charge on any atom is -0.472 e. The molecule has 5 heterocycles. The fourth-order valence-electron chi connectivity index (χ4n) is 4.24. The number of aryl methyl sites for hydroxylation is 1. The molecule has 1 aliphatic rings. The zero-order valence-corrected chi connectivity index (χ0v) is 19.6. The molecular weight excluding hydrogens is 444 g/mol. The van der Waals surface area contributed by atoms with Gasteiger partial charge in [0.25, 0.3) is 0 Å². The smallest absolute Gasteiger partial charge is 0.165 e. The highest BCUT2D eigenvalue weighted by molar-refractivity contribution is 8.00. The molecule has 6 rings (SSSR count). The van der Waals surface area contributed by atoms with Crippen molar-refractivity contribution in [2.75, 3.05) is 11.9 Å². The molecule has 7 nitrogen and oxygen atoms in total. The van der Waals surface area contributed by atoms with Gasteiger partial charge in [0.15, 0.2) is 11.5 Å². The minimum atomic E-state index is 0.519. The number of hydrogen-bond acceptors (Lipinski definition) is 7. The molecule has 0 amide bonds. The molecule has 4 aromatic heterocycles. The Labute approximate surface area is 201 Å². The van der Waals surface area contributed by atoms with Crippen LogP contribution < -0.4 is 5.32 Å². The maximum Gasteiger partial charge on any atom is 0.165 e. The average molecular weight is 469 g/mol. The maximum atomic E-state index is 5.23. The third kappa shape index (κ3) is 4.17. The lowest BCUT2D eigenvalue weighted by Crippen LogP contribution is -2.09. The van der Waals surface area contributed by atoms with Crippen molar-refractivity contribution < 1.29 is 4.42 Å². The number of nitrogens with one attached hydrogen (secondary N) is 2. The van der Waals surface area contributed by atoms with Gasteiger partial charge in [-0.1, -0.05) is 31.2 Å². The molecule has 5 aromatic rings. The zero-order chi connectivity index (χ0) is 22.9. The van der Waals surface area contributed by atoms with Gasteiger partial charge in [-0.2, -0.15) is 0 Å². The van der Waals surface area contributed by atoms with Gasteiger partial charge in [-0.05, 0) is 37.0 Å². The molecule has 1 aromatic carbocycles. The van der Waals surface area contributed by atoms with Gasteiger partial charge in [0.1, 0.15) is 22.6 Å². The first-order valence-corrected chi connectivity index (χ1v) is 12.3. The topological polar surface area (TPSA) is 92.5 Å². The van der Waals surface area contributed by atoms with E-state index in [-0.39, 0.29) is 0 Å². The Morgan fingerprint density at radius 3 is 2.85 bits per heavy atom. The highest BCUT2D eigenvalue weighted by Gasteiger charge is 2.25. The van der Waals surface area contributed by atoms with Crippen LogP contribution in [0.25, 0.3) is 33.8 Å². The molecule has 1 aliphatic heterocycles. The Hall–Kier alpha value is -3.65. The lowest BCUT2D eigenvalue weighted by molar-refractivity contribution is 0.568. The van der Waals surface area contributed by atoms with Crippen LogP contribution in [0.4, 0.5) is 5.82 Å². The van der Waals surface area contributed by atoms with Crippen LogP contribution in [0.3, 0.4) is 0 Å². The average Bonchev–Trinajstić information content (AvgIpc) is 3.62. The molecular formula is C26H24N6OS. The number of fused-ring (bicyclic) bond motifs is 2. The summed E-state index contributed by atoms with van der Waals surface area (Å²) in [6.45, 7) is 3.09. The van der Waals surface area contributed by atoms with Crippen molar-refractivity contribution in [3.8, 4) is 22.6 Å². The first-order chi connectivity index (χ1) is 16.7. The highest BCUT2D eigenvalue weighted by atomic mass is 32.2. The van der Waals surface area contributed by atoms with E-state index >= 15 is 0 Å². The number of anilines is 1. The normalized spacial score (nSPS) is 15.0. The molecule has 34 heavy (non-hydrogen) atoms. The fourth-order valence-corrected chi connectivity index (χ4v) is 5.34. The second-order valence-corrected chi connectivity index (χ2v) is 9.95. The number of nitrogens with zero attached hydrogens (tertiary/aromatic N) is 4. The summed E-state index contributed by atoms with van der Waals surface area (Å²) in [6, 6.07) is 12.4. The molecule has 1 atom stereocenters. The van der Waals surface area contributed by atoms with Crippen LogP contribution in [-0.4, -0.2) is 36.7 Å². The number of aromatic amines is 1. The summed E-state index contributed by atoms with van der Waals surface area (Å²) in [5.41, 5.74) is 7.10. The van der Waals surface area contributed by atoms with E-state index in [4.69, 9.17) is 14.4 Å². The van der Waals surface area contributed by atoms with Gasteiger partial charge >= 0.3 is 0 Å². The molecule has 1 unspecified atom stereocenters. The standard InChI is InChI=1S/C26H24N6OS/c1-16-13-20-24(31-23(32-26(20)34-16)19-9-12-33-15-19)27-10-2-3-17-4-6-18(7-5-17)22-14-29-25-21(30-22)8-11-28-25/h4-9,11-12,14-16H,2-3,10,13H2,1H3,(H,28,29)(H,27,31,32). The summed E-state index contributed by atoms with van der Waals surface area (Å²) < 4.78 is 5.23. The molecule has 0 aliphatic carbocycles. The SMILES string of the molecule is CC1Cc2c(NCCCc3ccc(-c4cnc5[nH]ccc5n4)cc3)nc(-c3ccoc3)nc2S1. The summed E-state index contributed by atoms with van der Waals surface area (Å²) >= 11 is 1.82. The fraction of sp³-hybridized carbons (Fsp3) is 0.231. The summed E-state index contributed by atoms with van der Waals surface area (Å²) in [5.74, 6) is 1.67. The van der Waals surface area contributed by atoms with Crippen molar-refractivity contribution in [1.29, 1.82) is 0 Å².